The Morgan fingerprint density at radius 3 is 2.68 bits per heavy atom. The SMILES string of the molecule is COc1cc2cc(N(C)CCCNC(=O)C3CCCO3)cc(N)c2cc1OC. The van der Waals surface area contributed by atoms with Gasteiger partial charge in [0.15, 0.2) is 11.5 Å². The van der Waals surface area contributed by atoms with Crippen molar-refractivity contribution in [1.29, 1.82) is 0 Å². The number of nitrogen functional groups attached to an aromatic ring is 1. The Morgan fingerprint density at radius 2 is 2.00 bits per heavy atom. The molecular formula is C21H29N3O4. The second-order valence-electron chi connectivity index (χ2n) is 7.03. The summed E-state index contributed by atoms with van der Waals surface area (Å²) in [4.78, 5) is 14.1. The summed E-state index contributed by atoms with van der Waals surface area (Å²) in [6.45, 7) is 2.10. The highest BCUT2D eigenvalue weighted by atomic mass is 16.5. The van der Waals surface area contributed by atoms with Crippen molar-refractivity contribution in [3.05, 3.63) is 24.3 Å². The van der Waals surface area contributed by atoms with Gasteiger partial charge in [-0.05, 0) is 48.9 Å². The number of hydrogen-bond acceptors (Lipinski definition) is 6. The highest BCUT2D eigenvalue weighted by Crippen LogP contribution is 2.36. The van der Waals surface area contributed by atoms with E-state index in [1.165, 1.54) is 0 Å². The number of amides is 1. The highest BCUT2D eigenvalue weighted by Gasteiger charge is 2.22. The van der Waals surface area contributed by atoms with E-state index in [0.717, 1.165) is 42.3 Å². The third-order valence-electron chi connectivity index (χ3n) is 5.11. The predicted molar refractivity (Wildman–Crippen MR) is 111 cm³/mol. The largest absolute Gasteiger partial charge is 0.493 e. The molecule has 0 saturated carbocycles. The van der Waals surface area contributed by atoms with Gasteiger partial charge in [-0.2, -0.15) is 0 Å². The molecule has 0 aliphatic carbocycles. The maximum atomic E-state index is 12.0. The van der Waals surface area contributed by atoms with Gasteiger partial charge in [0.2, 0.25) is 5.91 Å². The van der Waals surface area contributed by atoms with E-state index in [-0.39, 0.29) is 12.0 Å². The lowest BCUT2D eigenvalue weighted by Crippen LogP contribution is -2.35. The molecule has 1 unspecified atom stereocenters. The summed E-state index contributed by atoms with van der Waals surface area (Å²) in [5.74, 6) is 1.33. The zero-order valence-corrected chi connectivity index (χ0v) is 16.8. The topological polar surface area (TPSA) is 86.0 Å². The number of fused-ring (bicyclic) bond motifs is 1. The van der Waals surface area contributed by atoms with E-state index < -0.39 is 0 Å². The first-order chi connectivity index (χ1) is 13.5. The second kappa shape index (κ2) is 9.01. The van der Waals surface area contributed by atoms with Gasteiger partial charge in [-0.25, -0.2) is 0 Å². The number of carbonyl (C=O) groups is 1. The number of anilines is 2. The number of ether oxygens (including phenoxy) is 3. The average molecular weight is 387 g/mol. The van der Waals surface area contributed by atoms with Gasteiger partial charge in [0, 0.05) is 43.5 Å². The van der Waals surface area contributed by atoms with Crippen LogP contribution in [-0.4, -0.2) is 53.0 Å². The Morgan fingerprint density at radius 1 is 1.25 bits per heavy atom. The van der Waals surface area contributed by atoms with Gasteiger partial charge >= 0.3 is 0 Å². The third-order valence-corrected chi connectivity index (χ3v) is 5.11. The summed E-state index contributed by atoms with van der Waals surface area (Å²) in [5, 5.41) is 4.88. The van der Waals surface area contributed by atoms with Crippen molar-refractivity contribution in [2.24, 2.45) is 0 Å². The fourth-order valence-corrected chi connectivity index (χ4v) is 3.48. The molecule has 1 amide bonds. The molecule has 3 rings (SSSR count). The number of rotatable bonds is 8. The van der Waals surface area contributed by atoms with Gasteiger partial charge in [-0.15, -0.1) is 0 Å². The predicted octanol–water partition coefficient (Wildman–Crippen LogP) is 2.56. The summed E-state index contributed by atoms with van der Waals surface area (Å²) in [5.41, 5.74) is 7.98. The van der Waals surface area contributed by atoms with Crippen LogP contribution in [0.4, 0.5) is 11.4 Å². The smallest absolute Gasteiger partial charge is 0.249 e. The van der Waals surface area contributed by atoms with E-state index in [4.69, 9.17) is 19.9 Å². The highest BCUT2D eigenvalue weighted by molar-refractivity contribution is 5.98. The molecule has 0 radical (unpaired) electrons. The number of nitrogens with two attached hydrogens (primary N) is 1. The fourth-order valence-electron chi connectivity index (χ4n) is 3.48. The van der Waals surface area contributed by atoms with Crippen molar-refractivity contribution in [2.75, 3.05) is 51.6 Å². The number of carbonyl (C=O) groups excluding carboxylic acids is 1. The van der Waals surface area contributed by atoms with Crippen LogP contribution in [0.25, 0.3) is 10.8 Å². The zero-order valence-electron chi connectivity index (χ0n) is 16.8. The van der Waals surface area contributed by atoms with E-state index >= 15 is 0 Å². The molecule has 1 aliphatic rings. The van der Waals surface area contributed by atoms with Gasteiger partial charge in [0.05, 0.1) is 14.2 Å². The molecule has 1 saturated heterocycles. The molecule has 1 fully saturated rings. The molecule has 0 aromatic heterocycles. The summed E-state index contributed by atoms with van der Waals surface area (Å²) >= 11 is 0. The lowest BCUT2D eigenvalue weighted by Gasteiger charge is -2.21. The normalized spacial score (nSPS) is 16.2. The van der Waals surface area contributed by atoms with E-state index in [9.17, 15) is 4.79 Å². The van der Waals surface area contributed by atoms with Crippen molar-refractivity contribution >= 4 is 28.1 Å². The lowest BCUT2D eigenvalue weighted by atomic mass is 10.1. The maximum absolute atomic E-state index is 12.0. The van der Waals surface area contributed by atoms with Crippen LogP contribution in [0.5, 0.6) is 11.5 Å². The first kappa shape index (κ1) is 20.1. The molecule has 3 N–H and O–H groups in total. The van der Waals surface area contributed by atoms with Crippen molar-refractivity contribution in [1.82, 2.24) is 5.32 Å². The van der Waals surface area contributed by atoms with Crippen molar-refractivity contribution in [2.45, 2.75) is 25.4 Å². The molecule has 0 spiro atoms. The first-order valence-electron chi connectivity index (χ1n) is 9.59. The van der Waals surface area contributed by atoms with Gasteiger partial charge in [-0.1, -0.05) is 0 Å². The van der Waals surface area contributed by atoms with Crippen LogP contribution in [-0.2, 0) is 9.53 Å². The van der Waals surface area contributed by atoms with Crippen molar-refractivity contribution in [3.63, 3.8) is 0 Å². The summed E-state index contributed by atoms with van der Waals surface area (Å²) < 4.78 is 16.2. The van der Waals surface area contributed by atoms with Crippen LogP contribution in [0.2, 0.25) is 0 Å². The van der Waals surface area contributed by atoms with Crippen LogP contribution < -0.4 is 25.4 Å². The van der Waals surface area contributed by atoms with Crippen molar-refractivity contribution in [3.8, 4) is 11.5 Å². The van der Waals surface area contributed by atoms with Gasteiger partial charge in [0.1, 0.15) is 6.10 Å². The number of benzene rings is 2. The minimum Gasteiger partial charge on any atom is -0.493 e. The molecule has 1 atom stereocenters. The Balaban J connectivity index is 1.62. The molecule has 28 heavy (non-hydrogen) atoms. The number of methoxy groups -OCH3 is 2. The quantitative estimate of drug-likeness (QED) is 0.535. The number of nitrogens with zero attached hydrogens (tertiary/aromatic N) is 1. The monoisotopic (exact) mass is 387 g/mol. The Hall–Kier alpha value is -2.67. The van der Waals surface area contributed by atoms with Crippen LogP contribution in [0.3, 0.4) is 0 Å². The molecule has 0 bridgehead atoms. The minimum absolute atomic E-state index is 0.00357. The average Bonchev–Trinajstić information content (AvgIpc) is 3.24. The standard InChI is InChI=1S/C21H29N3O4/c1-24(8-5-7-23-21(25)18-6-4-9-28-18)15-10-14-11-19(26-2)20(27-3)13-16(14)17(22)12-15/h10-13,18H,4-9,22H2,1-3H3,(H,23,25). The molecule has 1 aliphatic heterocycles. The molecule has 2 aromatic carbocycles. The van der Waals surface area contributed by atoms with Crippen LogP contribution in [0.1, 0.15) is 19.3 Å². The van der Waals surface area contributed by atoms with Crippen LogP contribution in [0.15, 0.2) is 24.3 Å². The second-order valence-corrected chi connectivity index (χ2v) is 7.03. The van der Waals surface area contributed by atoms with E-state index in [1.54, 1.807) is 14.2 Å². The van der Waals surface area contributed by atoms with E-state index in [0.29, 0.717) is 30.3 Å². The van der Waals surface area contributed by atoms with Crippen molar-refractivity contribution < 1.29 is 19.0 Å². The molecular weight excluding hydrogens is 358 g/mol. The number of nitrogens with one attached hydrogen (secondary N) is 1. The third kappa shape index (κ3) is 4.42. The van der Waals surface area contributed by atoms with Gasteiger partial charge < -0.3 is 30.2 Å². The Bertz CT molecular complexity index is 834. The Kier molecular flexibility index (Phi) is 6.46. The fraction of sp³-hybridized carbons (Fsp3) is 0.476. The molecule has 2 aromatic rings. The lowest BCUT2D eigenvalue weighted by molar-refractivity contribution is -0.130. The molecule has 7 nitrogen and oxygen atoms in total. The number of hydrogen-bond donors (Lipinski definition) is 2. The maximum Gasteiger partial charge on any atom is 0.249 e. The van der Waals surface area contributed by atoms with Gasteiger partial charge in [-0.3, -0.25) is 4.79 Å². The van der Waals surface area contributed by atoms with Gasteiger partial charge in [0.25, 0.3) is 0 Å². The van der Waals surface area contributed by atoms with Crippen LogP contribution in [0, 0.1) is 0 Å². The Labute approximate surface area is 165 Å². The molecule has 1 heterocycles. The zero-order chi connectivity index (χ0) is 20.1. The van der Waals surface area contributed by atoms with Crippen LogP contribution >= 0.6 is 0 Å². The van der Waals surface area contributed by atoms with E-state index in [1.807, 2.05) is 25.2 Å². The molecule has 7 heteroatoms. The summed E-state index contributed by atoms with van der Waals surface area (Å²) in [6, 6.07) is 7.87. The summed E-state index contributed by atoms with van der Waals surface area (Å²) in [6.07, 6.45) is 2.33. The minimum atomic E-state index is -0.273. The molecule has 152 valence electrons. The summed E-state index contributed by atoms with van der Waals surface area (Å²) in [7, 11) is 5.25. The van der Waals surface area contributed by atoms with E-state index in [2.05, 4.69) is 16.3 Å². The first-order valence-corrected chi connectivity index (χ1v) is 9.59.